The summed E-state index contributed by atoms with van der Waals surface area (Å²) in [6.45, 7) is 6.78. The van der Waals surface area contributed by atoms with Crippen LogP contribution in [0.3, 0.4) is 0 Å². The Balaban J connectivity index is 2.06. The number of nitrogens with one attached hydrogen (secondary N) is 1. The Morgan fingerprint density at radius 2 is 1.70 bits per heavy atom. The van der Waals surface area contributed by atoms with E-state index in [-0.39, 0.29) is 11.9 Å². The van der Waals surface area contributed by atoms with Crippen molar-refractivity contribution >= 4 is 11.6 Å². The molecule has 2 rings (SSSR count). The molecule has 5 heteroatoms. The molecule has 27 heavy (non-hydrogen) atoms. The van der Waals surface area contributed by atoms with E-state index in [1.807, 2.05) is 55.3 Å². The fourth-order valence-electron chi connectivity index (χ4n) is 2.96. The number of carbonyl (C=O) groups excluding carboxylic acids is 1. The van der Waals surface area contributed by atoms with Crippen LogP contribution in [0.1, 0.15) is 37.8 Å². The number of para-hydroxylation sites is 1. The van der Waals surface area contributed by atoms with Gasteiger partial charge < -0.3 is 14.8 Å². The average Bonchev–Trinajstić information content (AvgIpc) is 2.67. The first-order valence-corrected chi connectivity index (χ1v) is 9.18. The molecular formula is C22H30N2O3. The molecule has 0 spiro atoms. The predicted octanol–water partition coefficient (Wildman–Crippen LogP) is 4.29. The quantitative estimate of drug-likeness (QED) is 0.753. The van der Waals surface area contributed by atoms with Crippen LogP contribution in [0.15, 0.2) is 42.5 Å². The SMILES string of the molecule is COc1ccc(CN(C)C(C)C(=O)Nc2ccccc2C(C)C)cc1OC. The Labute approximate surface area is 162 Å². The Bertz CT molecular complexity index is 774. The van der Waals surface area contributed by atoms with E-state index in [0.717, 1.165) is 16.8 Å². The predicted molar refractivity (Wildman–Crippen MR) is 110 cm³/mol. The second kappa shape index (κ2) is 9.42. The van der Waals surface area contributed by atoms with Crippen LogP contribution in [0.4, 0.5) is 5.69 Å². The molecule has 0 saturated heterocycles. The third kappa shape index (κ3) is 5.23. The fraction of sp³-hybridized carbons (Fsp3) is 0.409. The van der Waals surface area contributed by atoms with Gasteiger partial charge in [0.1, 0.15) is 0 Å². The summed E-state index contributed by atoms with van der Waals surface area (Å²) in [6.07, 6.45) is 0. The van der Waals surface area contributed by atoms with Crippen LogP contribution in [0.25, 0.3) is 0 Å². The molecule has 2 aromatic rings. The smallest absolute Gasteiger partial charge is 0.241 e. The van der Waals surface area contributed by atoms with Crippen LogP contribution in [0, 0.1) is 0 Å². The fourth-order valence-corrected chi connectivity index (χ4v) is 2.96. The van der Waals surface area contributed by atoms with Crippen LogP contribution in [0.5, 0.6) is 11.5 Å². The zero-order valence-corrected chi connectivity index (χ0v) is 17.1. The highest BCUT2D eigenvalue weighted by Gasteiger charge is 2.20. The van der Waals surface area contributed by atoms with Gasteiger partial charge in [-0.05, 0) is 49.2 Å². The molecule has 0 aliphatic rings. The van der Waals surface area contributed by atoms with Crippen molar-refractivity contribution < 1.29 is 14.3 Å². The molecule has 1 amide bonds. The molecule has 0 aliphatic heterocycles. The number of hydrogen-bond acceptors (Lipinski definition) is 4. The topological polar surface area (TPSA) is 50.8 Å². The number of anilines is 1. The number of hydrogen-bond donors (Lipinski definition) is 1. The van der Waals surface area contributed by atoms with Gasteiger partial charge in [-0.2, -0.15) is 0 Å². The Hall–Kier alpha value is -2.53. The van der Waals surface area contributed by atoms with Crippen LogP contribution in [-0.2, 0) is 11.3 Å². The highest BCUT2D eigenvalue weighted by Crippen LogP contribution is 2.28. The van der Waals surface area contributed by atoms with Crippen molar-refractivity contribution in [2.75, 3.05) is 26.6 Å². The normalized spacial score (nSPS) is 12.1. The van der Waals surface area contributed by atoms with Crippen molar-refractivity contribution in [3.63, 3.8) is 0 Å². The Morgan fingerprint density at radius 3 is 2.33 bits per heavy atom. The van der Waals surface area contributed by atoms with Crippen LogP contribution in [0.2, 0.25) is 0 Å². The van der Waals surface area contributed by atoms with E-state index in [1.54, 1.807) is 14.2 Å². The average molecular weight is 370 g/mol. The van der Waals surface area contributed by atoms with Crippen LogP contribution < -0.4 is 14.8 Å². The molecule has 1 unspecified atom stereocenters. The van der Waals surface area contributed by atoms with Gasteiger partial charge in [0, 0.05) is 12.2 Å². The molecular weight excluding hydrogens is 340 g/mol. The van der Waals surface area contributed by atoms with Crippen molar-refractivity contribution in [3.8, 4) is 11.5 Å². The minimum Gasteiger partial charge on any atom is -0.493 e. The molecule has 0 aliphatic carbocycles. The molecule has 0 fully saturated rings. The monoisotopic (exact) mass is 370 g/mol. The summed E-state index contributed by atoms with van der Waals surface area (Å²) in [7, 11) is 5.17. The number of likely N-dealkylation sites (N-methyl/N-ethyl adjacent to an activating group) is 1. The lowest BCUT2D eigenvalue weighted by Gasteiger charge is -2.25. The molecule has 146 valence electrons. The molecule has 1 atom stereocenters. The van der Waals surface area contributed by atoms with Gasteiger partial charge in [-0.25, -0.2) is 0 Å². The first kappa shape index (κ1) is 20.8. The van der Waals surface area contributed by atoms with Crippen molar-refractivity contribution in [3.05, 3.63) is 53.6 Å². The highest BCUT2D eigenvalue weighted by atomic mass is 16.5. The van der Waals surface area contributed by atoms with E-state index in [1.165, 1.54) is 0 Å². The van der Waals surface area contributed by atoms with E-state index in [4.69, 9.17) is 9.47 Å². The van der Waals surface area contributed by atoms with Gasteiger partial charge in [-0.15, -0.1) is 0 Å². The van der Waals surface area contributed by atoms with Crippen molar-refractivity contribution in [1.29, 1.82) is 0 Å². The number of rotatable bonds is 8. The molecule has 0 aromatic heterocycles. The third-order valence-corrected chi connectivity index (χ3v) is 4.76. The largest absolute Gasteiger partial charge is 0.493 e. The van der Waals surface area contributed by atoms with Gasteiger partial charge in [0.15, 0.2) is 11.5 Å². The van der Waals surface area contributed by atoms with Crippen LogP contribution >= 0.6 is 0 Å². The van der Waals surface area contributed by atoms with Crippen molar-refractivity contribution in [1.82, 2.24) is 4.90 Å². The van der Waals surface area contributed by atoms with E-state index >= 15 is 0 Å². The molecule has 0 bridgehead atoms. The first-order valence-electron chi connectivity index (χ1n) is 9.18. The molecule has 0 saturated carbocycles. The summed E-state index contributed by atoms with van der Waals surface area (Å²) in [6, 6.07) is 13.5. The number of carbonyl (C=O) groups is 1. The number of benzene rings is 2. The number of ether oxygens (including phenoxy) is 2. The van der Waals surface area contributed by atoms with E-state index in [0.29, 0.717) is 24.0 Å². The second-order valence-corrected chi connectivity index (χ2v) is 7.01. The zero-order valence-electron chi connectivity index (χ0n) is 17.1. The van der Waals surface area contributed by atoms with Gasteiger partial charge in [0.05, 0.1) is 20.3 Å². The molecule has 0 radical (unpaired) electrons. The summed E-state index contributed by atoms with van der Waals surface area (Å²) in [5, 5.41) is 3.07. The Morgan fingerprint density at radius 1 is 1.04 bits per heavy atom. The number of nitrogens with zero attached hydrogens (tertiary/aromatic N) is 1. The van der Waals surface area contributed by atoms with E-state index < -0.39 is 0 Å². The van der Waals surface area contributed by atoms with Crippen LogP contribution in [-0.4, -0.2) is 38.1 Å². The lowest BCUT2D eigenvalue weighted by atomic mass is 10.0. The maximum Gasteiger partial charge on any atom is 0.241 e. The summed E-state index contributed by atoms with van der Waals surface area (Å²) in [5.41, 5.74) is 3.07. The Kier molecular flexibility index (Phi) is 7.25. The van der Waals surface area contributed by atoms with Gasteiger partial charge in [-0.3, -0.25) is 9.69 Å². The standard InChI is InChI=1S/C22H30N2O3/c1-15(2)18-9-7-8-10-19(18)23-22(25)16(3)24(4)14-17-11-12-20(26-5)21(13-17)27-6/h7-13,15-16H,14H2,1-6H3,(H,23,25). The molecule has 2 aromatic carbocycles. The minimum absolute atomic E-state index is 0.0222. The van der Waals surface area contributed by atoms with Crippen molar-refractivity contribution in [2.45, 2.75) is 39.3 Å². The lowest BCUT2D eigenvalue weighted by Crippen LogP contribution is -2.39. The van der Waals surface area contributed by atoms with Gasteiger partial charge in [0.25, 0.3) is 0 Å². The molecule has 1 N–H and O–H groups in total. The van der Waals surface area contributed by atoms with Gasteiger partial charge in [-0.1, -0.05) is 38.1 Å². The highest BCUT2D eigenvalue weighted by molar-refractivity contribution is 5.95. The van der Waals surface area contributed by atoms with Gasteiger partial charge >= 0.3 is 0 Å². The van der Waals surface area contributed by atoms with E-state index in [9.17, 15) is 4.79 Å². The van der Waals surface area contributed by atoms with E-state index in [2.05, 4.69) is 25.2 Å². The minimum atomic E-state index is -0.279. The number of methoxy groups -OCH3 is 2. The first-order chi connectivity index (χ1) is 12.9. The number of amides is 1. The second-order valence-electron chi connectivity index (χ2n) is 7.01. The van der Waals surface area contributed by atoms with Crippen molar-refractivity contribution in [2.24, 2.45) is 0 Å². The zero-order chi connectivity index (χ0) is 20.0. The maximum absolute atomic E-state index is 12.7. The molecule has 5 nitrogen and oxygen atoms in total. The third-order valence-electron chi connectivity index (χ3n) is 4.76. The summed E-state index contributed by atoms with van der Waals surface area (Å²) >= 11 is 0. The molecule has 0 heterocycles. The summed E-state index contributed by atoms with van der Waals surface area (Å²) in [4.78, 5) is 14.8. The van der Waals surface area contributed by atoms with Gasteiger partial charge in [0.2, 0.25) is 5.91 Å². The lowest BCUT2D eigenvalue weighted by molar-refractivity contribution is -0.120. The summed E-state index contributed by atoms with van der Waals surface area (Å²) < 4.78 is 10.6. The summed E-state index contributed by atoms with van der Waals surface area (Å²) in [5.74, 6) is 1.71. The maximum atomic E-state index is 12.7.